The third-order valence-electron chi connectivity index (χ3n) is 2.89. The summed E-state index contributed by atoms with van der Waals surface area (Å²) in [5.74, 6) is 0.780. The Balaban J connectivity index is 1.96. The second kappa shape index (κ2) is 3.85. The largest absolute Gasteiger partial charge is 0.398 e. The quantitative estimate of drug-likeness (QED) is 0.809. The van der Waals surface area contributed by atoms with E-state index in [0.29, 0.717) is 11.7 Å². The maximum atomic E-state index is 11.8. The molecule has 1 aromatic heterocycles. The molecule has 0 bridgehead atoms. The van der Waals surface area contributed by atoms with Crippen LogP contribution >= 0.6 is 11.3 Å². The van der Waals surface area contributed by atoms with Crippen molar-refractivity contribution in [3.63, 3.8) is 0 Å². The molecule has 1 heterocycles. The number of hydrogen-bond acceptors (Lipinski definition) is 3. The van der Waals surface area contributed by atoms with Crippen LogP contribution in [0.5, 0.6) is 0 Å². The zero-order valence-corrected chi connectivity index (χ0v) is 9.86. The van der Waals surface area contributed by atoms with Crippen LogP contribution in [0.25, 0.3) is 0 Å². The molecule has 0 unspecified atom stereocenters. The number of thiophene rings is 1. The summed E-state index contributed by atoms with van der Waals surface area (Å²) in [6, 6.07) is 2.13. The van der Waals surface area contributed by atoms with Crippen LogP contribution in [-0.4, -0.2) is 11.9 Å². The van der Waals surface area contributed by atoms with Gasteiger partial charge >= 0.3 is 0 Å². The minimum Gasteiger partial charge on any atom is -0.398 e. The predicted molar refractivity (Wildman–Crippen MR) is 63.1 cm³/mol. The molecule has 3 nitrogen and oxygen atoms in total. The lowest BCUT2D eigenvalue weighted by atomic mass is 9.82. The van der Waals surface area contributed by atoms with Crippen molar-refractivity contribution in [1.29, 1.82) is 0 Å². The fourth-order valence-corrected chi connectivity index (χ4v) is 2.73. The monoisotopic (exact) mass is 224 g/mol. The first kappa shape index (κ1) is 10.5. The number of carbonyl (C=O) groups excluding carboxylic acids is 1. The standard InChI is InChI=1S/C11H16N2OS/c1-6-3-8(4-6)13-11(14)10-5-9(12)7(2)15-10/h5-6,8H,3-4,12H2,1-2H3,(H,13,14). The molecule has 1 aromatic rings. The smallest absolute Gasteiger partial charge is 0.261 e. The number of anilines is 1. The van der Waals surface area contributed by atoms with Crippen molar-refractivity contribution < 1.29 is 4.79 Å². The normalized spacial score (nSPS) is 24.7. The van der Waals surface area contributed by atoms with Gasteiger partial charge in [-0.2, -0.15) is 0 Å². The molecule has 2 rings (SSSR count). The highest BCUT2D eigenvalue weighted by atomic mass is 32.1. The number of hydrogen-bond donors (Lipinski definition) is 2. The SMILES string of the molecule is Cc1sc(C(=O)NC2CC(C)C2)cc1N. The Hall–Kier alpha value is -1.03. The summed E-state index contributed by atoms with van der Waals surface area (Å²) in [4.78, 5) is 13.5. The van der Waals surface area contributed by atoms with E-state index in [-0.39, 0.29) is 5.91 Å². The molecular weight excluding hydrogens is 208 g/mol. The van der Waals surface area contributed by atoms with Crippen LogP contribution in [0.2, 0.25) is 0 Å². The molecule has 1 amide bonds. The van der Waals surface area contributed by atoms with Crippen LogP contribution in [0.3, 0.4) is 0 Å². The van der Waals surface area contributed by atoms with Crippen molar-refractivity contribution in [2.75, 3.05) is 5.73 Å². The third kappa shape index (κ3) is 2.15. The van der Waals surface area contributed by atoms with E-state index in [1.54, 1.807) is 6.07 Å². The summed E-state index contributed by atoms with van der Waals surface area (Å²) in [6.45, 7) is 4.14. The van der Waals surface area contributed by atoms with E-state index >= 15 is 0 Å². The van der Waals surface area contributed by atoms with Crippen LogP contribution in [0.4, 0.5) is 5.69 Å². The fourth-order valence-electron chi connectivity index (χ4n) is 1.88. The molecule has 0 aliphatic heterocycles. The minimum atomic E-state index is 0.0247. The first-order valence-electron chi connectivity index (χ1n) is 5.23. The highest BCUT2D eigenvalue weighted by molar-refractivity contribution is 7.14. The number of nitrogens with one attached hydrogen (secondary N) is 1. The summed E-state index contributed by atoms with van der Waals surface area (Å²) in [5, 5.41) is 3.02. The Labute approximate surface area is 93.7 Å². The Morgan fingerprint density at radius 1 is 1.60 bits per heavy atom. The van der Waals surface area contributed by atoms with E-state index in [0.717, 1.165) is 28.5 Å². The lowest BCUT2D eigenvalue weighted by molar-refractivity contribution is 0.0900. The number of aryl methyl sites for hydroxylation is 1. The Morgan fingerprint density at radius 3 is 2.73 bits per heavy atom. The van der Waals surface area contributed by atoms with Gasteiger partial charge in [0.25, 0.3) is 5.91 Å². The molecule has 0 aromatic carbocycles. The van der Waals surface area contributed by atoms with Crippen molar-refractivity contribution in [3.8, 4) is 0 Å². The van der Waals surface area contributed by atoms with Gasteiger partial charge in [0.1, 0.15) is 0 Å². The van der Waals surface area contributed by atoms with Gasteiger partial charge in [-0.3, -0.25) is 4.79 Å². The summed E-state index contributed by atoms with van der Waals surface area (Å²) >= 11 is 1.46. The van der Waals surface area contributed by atoms with Crippen LogP contribution in [0.15, 0.2) is 6.07 Å². The number of rotatable bonds is 2. The van der Waals surface area contributed by atoms with Gasteiger partial charge in [0.2, 0.25) is 0 Å². The molecule has 3 N–H and O–H groups in total. The molecule has 15 heavy (non-hydrogen) atoms. The van der Waals surface area contributed by atoms with Gasteiger partial charge < -0.3 is 11.1 Å². The molecule has 1 fully saturated rings. The zero-order valence-electron chi connectivity index (χ0n) is 9.04. The average molecular weight is 224 g/mol. The van der Waals surface area contributed by atoms with Crippen molar-refractivity contribution in [1.82, 2.24) is 5.32 Å². The highest BCUT2D eigenvalue weighted by Gasteiger charge is 2.27. The molecule has 4 heteroatoms. The zero-order chi connectivity index (χ0) is 11.0. The third-order valence-corrected chi connectivity index (χ3v) is 3.95. The van der Waals surface area contributed by atoms with Crippen LogP contribution < -0.4 is 11.1 Å². The summed E-state index contributed by atoms with van der Waals surface area (Å²) in [6.07, 6.45) is 2.21. The topological polar surface area (TPSA) is 55.1 Å². The van der Waals surface area contributed by atoms with Crippen molar-refractivity contribution in [2.45, 2.75) is 32.7 Å². The van der Waals surface area contributed by atoms with Crippen molar-refractivity contribution in [3.05, 3.63) is 15.8 Å². The predicted octanol–water partition coefficient (Wildman–Crippen LogP) is 2.17. The van der Waals surface area contributed by atoms with Gasteiger partial charge in [0, 0.05) is 16.6 Å². The molecule has 0 saturated heterocycles. The molecule has 1 aliphatic rings. The Morgan fingerprint density at radius 2 is 2.27 bits per heavy atom. The molecule has 0 radical (unpaired) electrons. The van der Waals surface area contributed by atoms with Gasteiger partial charge in [-0.1, -0.05) is 6.92 Å². The molecule has 0 atom stereocenters. The van der Waals surface area contributed by atoms with Crippen molar-refractivity contribution in [2.24, 2.45) is 5.92 Å². The van der Waals surface area contributed by atoms with Gasteiger partial charge in [-0.25, -0.2) is 0 Å². The number of amides is 1. The van der Waals surface area contributed by atoms with Gasteiger partial charge in [0.15, 0.2) is 0 Å². The number of carbonyl (C=O) groups is 1. The number of nitrogen functional groups attached to an aromatic ring is 1. The summed E-state index contributed by atoms with van der Waals surface area (Å²) < 4.78 is 0. The van der Waals surface area contributed by atoms with E-state index in [9.17, 15) is 4.79 Å². The molecule has 82 valence electrons. The molecule has 1 aliphatic carbocycles. The van der Waals surface area contributed by atoms with Crippen LogP contribution in [-0.2, 0) is 0 Å². The minimum absolute atomic E-state index is 0.0247. The maximum Gasteiger partial charge on any atom is 0.261 e. The van der Waals surface area contributed by atoms with Crippen LogP contribution in [0, 0.1) is 12.8 Å². The maximum absolute atomic E-state index is 11.8. The van der Waals surface area contributed by atoms with E-state index in [4.69, 9.17) is 5.73 Å². The fraction of sp³-hybridized carbons (Fsp3) is 0.545. The Kier molecular flexibility index (Phi) is 2.69. The summed E-state index contributed by atoms with van der Waals surface area (Å²) in [5.41, 5.74) is 6.42. The average Bonchev–Trinajstić information content (AvgIpc) is 2.44. The number of nitrogens with two attached hydrogens (primary N) is 1. The van der Waals surface area contributed by atoms with E-state index in [1.165, 1.54) is 11.3 Å². The second-order valence-corrected chi connectivity index (χ2v) is 5.63. The van der Waals surface area contributed by atoms with E-state index < -0.39 is 0 Å². The van der Waals surface area contributed by atoms with Gasteiger partial charge in [-0.15, -0.1) is 11.3 Å². The van der Waals surface area contributed by atoms with Crippen LogP contribution in [0.1, 0.15) is 34.3 Å². The summed E-state index contributed by atoms with van der Waals surface area (Å²) in [7, 11) is 0. The van der Waals surface area contributed by atoms with Crippen molar-refractivity contribution >= 4 is 22.9 Å². The van der Waals surface area contributed by atoms with Gasteiger partial charge in [-0.05, 0) is 31.7 Å². The lowest BCUT2D eigenvalue weighted by Crippen LogP contribution is -2.43. The lowest BCUT2D eigenvalue weighted by Gasteiger charge is -2.33. The second-order valence-electron chi connectivity index (χ2n) is 4.37. The first-order valence-corrected chi connectivity index (χ1v) is 6.04. The molecule has 1 saturated carbocycles. The molecular formula is C11H16N2OS. The van der Waals surface area contributed by atoms with E-state index in [2.05, 4.69) is 12.2 Å². The first-order chi connectivity index (χ1) is 7.06. The van der Waals surface area contributed by atoms with E-state index in [1.807, 2.05) is 6.92 Å². The van der Waals surface area contributed by atoms with Gasteiger partial charge in [0.05, 0.1) is 4.88 Å². The highest BCUT2D eigenvalue weighted by Crippen LogP contribution is 2.28. The molecule has 0 spiro atoms. The Bertz CT molecular complexity index is 360.